The van der Waals surface area contributed by atoms with E-state index in [0.29, 0.717) is 6.07 Å². The van der Waals surface area contributed by atoms with E-state index in [-0.39, 0.29) is 0 Å². The van der Waals surface area contributed by atoms with Crippen LogP contribution in [0, 0.1) is 0 Å². The number of Topliss-reactive ketones (excluding diaryl/α,β-unsaturated/α-hetero) is 1. The first kappa shape index (κ1) is 10.4. The largest absolute Gasteiger partial charge is 0.418 e. The molecule has 1 aromatic rings. The molecule has 0 bridgehead atoms. The molecule has 1 N–H and O–H groups in total. The molecule has 14 heavy (non-hydrogen) atoms. The predicted octanol–water partition coefficient (Wildman–Crippen LogP) is 0.991. The summed E-state index contributed by atoms with van der Waals surface area (Å²) >= 11 is 0. The Labute approximate surface area is 75.8 Å². The number of hydrogen-bond acceptors (Lipinski definition) is 3. The van der Waals surface area contributed by atoms with Crippen molar-refractivity contribution in [3.63, 3.8) is 0 Å². The number of aromatic nitrogens is 2. The van der Waals surface area contributed by atoms with Crippen molar-refractivity contribution in [2.24, 2.45) is 0 Å². The molecule has 7 heteroatoms. The number of alkyl halides is 3. The van der Waals surface area contributed by atoms with Crippen LogP contribution < -0.4 is 5.56 Å². The van der Waals surface area contributed by atoms with E-state index < -0.39 is 28.8 Å². The van der Waals surface area contributed by atoms with E-state index in [1.807, 2.05) is 0 Å². The van der Waals surface area contributed by atoms with Gasteiger partial charge in [0.1, 0.15) is 5.69 Å². The second-order valence-corrected chi connectivity index (χ2v) is 2.55. The number of rotatable bonds is 1. The lowest BCUT2D eigenvalue weighted by Crippen LogP contribution is -2.20. The van der Waals surface area contributed by atoms with Crippen LogP contribution in [0.4, 0.5) is 13.2 Å². The van der Waals surface area contributed by atoms with Crippen molar-refractivity contribution in [1.82, 2.24) is 10.2 Å². The minimum absolute atomic E-state index is 0.309. The second kappa shape index (κ2) is 3.24. The van der Waals surface area contributed by atoms with E-state index in [1.54, 1.807) is 5.10 Å². The number of nitrogens with one attached hydrogen (secondary N) is 1. The highest BCUT2D eigenvalue weighted by Crippen LogP contribution is 2.29. The van der Waals surface area contributed by atoms with E-state index in [1.165, 1.54) is 0 Å². The van der Waals surface area contributed by atoms with Crippen LogP contribution in [-0.2, 0) is 6.18 Å². The van der Waals surface area contributed by atoms with Crippen molar-refractivity contribution in [3.8, 4) is 0 Å². The van der Waals surface area contributed by atoms with Crippen LogP contribution >= 0.6 is 0 Å². The number of nitrogens with zero attached hydrogens (tertiary/aromatic N) is 1. The molecule has 1 rings (SSSR count). The van der Waals surface area contributed by atoms with Gasteiger partial charge in [0.15, 0.2) is 5.78 Å². The number of aromatic amines is 1. The first-order valence-corrected chi connectivity index (χ1v) is 3.50. The predicted molar refractivity (Wildman–Crippen MR) is 39.9 cm³/mol. The van der Waals surface area contributed by atoms with Crippen molar-refractivity contribution in [2.75, 3.05) is 0 Å². The summed E-state index contributed by atoms with van der Waals surface area (Å²) in [6.45, 7) is 0.940. The van der Waals surface area contributed by atoms with Crippen LogP contribution in [0.15, 0.2) is 10.9 Å². The summed E-state index contributed by atoms with van der Waals surface area (Å²) in [5, 5.41) is 4.80. The number of hydrogen-bond donors (Lipinski definition) is 1. The molecule has 0 aromatic carbocycles. The Balaban J connectivity index is 3.45. The van der Waals surface area contributed by atoms with Crippen LogP contribution in [0.1, 0.15) is 23.0 Å². The molecule has 0 aliphatic rings. The zero-order chi connectivity index (χ0) is 10.9. The maximum absolute atomic E-state index is 12.2. The summed E-state index contributed by atoms with van der Waals surface area (Å²) in [6.07, 6.45) is -4.75. The summed E-state index contributed by atoms with van der Waals surface area (Å²) in [7, 11) is 0. The summed E-state index contributed by atoms with van der Waals surface area (Å²) in [5.74, 6) is -0.853. The monoisotopic (exact) mass is 206 g/mol. The normalized spacial score (nSPS) is 11.4. The van der Waals surface area contributed by atoms with Gasteiger partial charge in [-0.25, -0.2) is 5.10 Å². The fraction of sp³-hybridized carbons (Fsp3) is 0.286. The first-order valence-electron chi connectivity index (χ1n) is 3.50. The minimum atomic E-state index is -4.75. The van der Waals surface area contributed by atoms with E-state index in [0.717, 1.165) is 6.92 Å². The van der Waals surface area contributed by atoms with Gasteiger partial charge < -0.3 is 0 Å². The SMILES string of the molecule is CC(=O)c1n[nH]c(=O)cc1C(F)(F)F. The van der Waals surface area contributed by atoms with Gasteiger partial charge in [0.2, 0.25) is 0 Å². The fourth-order valence-corrected chi connectivity index (χ4v) is 0.887. The Morgan fingerprint density at radius 2 is 2.07 bits per heavy atom. The van der Waals surface area contributed by atoms with Crippen molar-refractivity contribution in [3.05, 3.63) is 27.7 Å². The Morgan fingerprint density at radius 1 is 1.50 bits per heavy atom. The lowest BCUT2D eigenvalue weighted by Gasteiger charge is -2.07. The van der Waals surface area contributed by atoms with Gasteiger partial charge in [0, 0.05) is 13.0 Å². The topological polar surface area (TPSA) is 62.8 Å². The van der Waals surface area contributed by atoms with Gasteiger partial charge in [-0.05, 0) is 0 Å². The summed E-state index contributed by atoms with van der Waals surface area (Å²) in [6, 6.07) is 0.309. The summed E-state index contributed by atoms with van der Waals surface area (Å²) < 4.78 is 36.7. The van der Waals surface area contributed by atoms with Crippen LogP contribution in [0.2, 0.25) is 0 Å². The van der Waals surface area contributed by atoms with E-state index in [4.69, 9.17) is 0 Å². The van der Waals surface area contributed by atoms with Gasteiger partial charge in [-0.3, -0.25) is 9.59 Å². The summed E-state index contributed by atoms with van der Waals surface area (Å²) in [4.78, 5) is 21.3. The molecule has 0 fully saturated rings. The van der Waals surface area contributed by atoms with Crippen molar-refractivity contribution >= 4 is 5.78 Å². The van der Waals surface area contributed by atoms with E-state index in [9.17, 15) is 22.8 Å². The highest BCUT2D eigenvalue weighted by molar-refractivity contribution is 5.93. The number of halogens is 3. The fourth-order valence-electron chi connectivity index (χ4n) is 0.887. The molecule has 0 aliphatic heterocycles. The molecule has 4 nitrogen and oxygen atoms in total. The molecule has 0 atom stereocenters. The highest BCUT2D eigenvalue weighted by atomic mass is 19.4. The van der Waals surface area contributed by atoms with Gasteiger partial charge in [0.05, 0.1) is 5.56 Å². The maximum atomic E-state index is 12.2. The van der Waals surface area contributed by atoms with Gasteiger partial charge >= 0.3 is 6.18 Å². The minimum Gasteiger partial charge on any atom is -0.293 e. The quantitative estimate of drug-likeness (QED) is 0.697. The van der Waals surface area contributed by atoms with Crippen LogP contribution in [0.5, 0.6) is 0 Å². The van der Waals surface area contributed by atoms with Crippen LogP contribution in [0.3, 0.4) is 0 Å². The maximum Gasteiger partial charge on any atom is 0.418 e. The Morgan fingerprint density at radius 3 is 2.50 bits per heavy atom. The third-order valence-corrected chi connectivity index (χ3v) is 1.45. The zero-order valence-corrected chi connectivity index (χ0v) is 6.97. The molecule has 0 aliphatic carbocycles. The third kappa shape index (κ3) is 1.98. The standard InChI is InChI=1S/C7H5F3N2O2/c1-3(13)6-4(7(8,9)10)2-5(14)11-12-6/h2H,1H3,(H,11,14). The van der Waals surface area contributed by atoms with Gasteiger partial charge in [-0.2, -0.15) is 18.3 Å². The second-order valence-electron chi connectivity index (χ2n) is 2.55. The van der Waals surface area contributed by atoms with Crippen LogP contribution in [0.25, 0.3) is 0 Å². The van der Waals surface area contributed by atoms with Crippen molar-refractivity contribution in [1.29, 1.82) is 0 Å². The van der Waals surface area contributed by atoms with Gasteiger partial charge in [0.25, 0.3) is 5.56 Å². The number of carbonyl (C=O) groups excluding carboxylic acids is 1. The molecule has 0 spiro atoms. The highest BCUT2D eigenvalue weighted by Gasteiger charge is 2.35. The van der Waals surface area contributed by atoms with E-state index in [2.05, 4.69) is 5.10 Å². The first-order chi connectivity index (χ1) is 6.32. The average molecular weight is 206 g/mol. The number of carbonyl (C=O) groups is 1. The smallest absolute Gasteiger partial charge is 0.293 e. The molecule has 0 amide bonds. The molecule has 0 unspecified atom stereocenters. The molecule has 0 saturated carbocycles. The Hall–Kier alpha value is -1.66. The molecule has 0 radical (unpaired) electrons. The molecule has 1 aromatic heterocycles. The number of H-pyrrole nitrogens is 1. The van der Waals surface area contributed by atoms with Gasteiger partial charge in [-0.15, -0.1) is 0 Å². The lowest BCUT2D eigenvalue weighted by atomic mass is 10.1. The molecular formula is C7H5F3N2O2. The lowest BCUT2D eigenvalue weighted by molar-refractivity contribution is -0.138. The summed E-state index contributed by atoms with van der Waals surface area (Å²) in [5.41, 5.74) is -3.09. The molecule has 0 saturated heterocycles. The van der Waals surface area contributed by atoms with Crippen LogP contribution in [-0.4, -0.2) is 16.0 Å². The molecule has 76 valence electrons. The van der Waals surface area contributed by atoms with Gasteiger partial charge in [-0.1, -0.05) is 0 Å². The molecule has 1 heterocycles. The van der Waals surface area contributed by atoms with E-state index >= 15 is 0 Å². The third-order valence-electron chi connectivity index (χ3n) is 1.45. The Kier molecular flexibility index (Phi) is 2.41. The van der Waals surface area contributed by atoms with Crippen molar-refractivity contribution in [2.45, 2.75) is 13.1 Å². The van der Waals surface area contributed by atoms with Crippen molar-refractivity contribution < 1.29 is 18.0 Å². The Bertz CT molecular complexity index is 422. The number of ketones is 1. The average Bonchev–Trinajstić information content (AvgIpc) is 2.01. The molecular weight excluding hydrogens is 201 g/mol. The zero-order valence-electron chi connectivity index (χ0n) is 6.97.